The van der Waals surface area contributed by atoms with Crippen molar-refractivity contribution in [2.24, 2.45) is 0 Å². The summed E-state index contributed by atoms with van der Waals surface area (Å²) in [5.41, 5.74) is 0. The molecule has 0 fully saturated rings. The number of carbonyl (C=O) groups is 1. The number of aliphatic hydroxyl groups is 1. The Morgan fingerprint density at radius 3 is 2.55 bits per heavy atom. The van der Waals surface area contributed by atoms with E-state index in [1.807, 2.05) is 0 Å². The second-order valence-corrected chi connectivity index (χ2v) is 2.12. The lowest BCUT2D eigenvalue weighted by molar-refractivity contribution is -0.133. The molecule has 0 aliphatic rings. The van der Waals surface area contributed by atoms with Gasteiger partial charge in [0.05, 0.1) is 0 Å². The van der Waals surface area contributed by atoms with Crippen LogP contribution < -0.4 is 0 Å². The van der Waals surface area contributed by atoms with E-state index >= 15 is 0 Å². The van der Waals surface area contributed by atoms with Crippen molar-refractivity contribution in [1.82, 2.24) is 4.90 Å². The maximum absolute atomic E-state index is 10.9. The first-order valence-corrected chi connectivity index (χ1v) is 3.35. The van der Waals surface area contributed by atoms with Crippen molar-refractivity contribution in [3.05, 3.63) is 25.3 Å². The van der Waals surface area contributed by atoms with Crippen LogP contribution >= 0.6 is 0 Å². The summed E-state index contributed by atoms with van der Waals surface area (Å²) in [6, 6.07) is 0. The lowest BCUT2D eigenvalue weighted by Crippen LogP contribution is -2.37. The quantitative estimate of drug-likeness (QED) is 0.365. The molecule has 62 valence electrons. The molecule has 0 aliphatic heterocycles. The fourth-order valence-electron chi connectivity index (χ4n) is 0.683. The van der Waals surface area contributed by atoms with Crippen LogP contribution in [0.2, 0.25) is 0 Å². The number of nitrogens with zero attached hydrogens (tertiary/aromatic N) is 1. The van der Waals surface area contributed by atoms with Gasteiger partial charge < -0.3 is 10.0 Å². The highest BCUT2D eigenvalue weighted by Crippen LogP contribution is 1.96. The van der Waals surface area contributed by atoms with Crippen LogP contribution in [0.15, 0.2) is 25.3 Å². The average molecular weight is 155 g/mol. The van der Waals surface area contributed by atoms with Crippen molar-refractivity contribution < 1.29 is 9.90 Å². The Morgan fingerprint density at radius 1 is 1.73 bits per heavy atom. The van der Waals surface area contributed by atoms with Crippen molar-refractivity contribution in [2.45, 2.75) is 13.2 Å². The van der Waals surface area contributed by atoms with Crippen molar-refractivity contribution in [1.29, 1.82) is 0 Å². The molecule has 0 aromatic rings. The molecule has 1 N–H and O–H groups in total. The van der Waals surface area contributed by atoms with Crippen LogP contribution in [0.1, 0.15) is 6.92 Å². The van der Waals surface area contributed by atoms with Crippen molar-refractivity contribution in [2.75, 3.05) is 6.54 Å². The topological polar surface area (TPSA) is 40.5 Å². The van der Waals surface area contributed by atoms with E-state index in [0.717, 1.165) is 6.08 Å². The van der Waals surface area contributed by atoms with Gasteiger partial charge >= 0.3 is 0 Å². The molecule has 0 aromatic carbocycles. The highest BCUT2D eigenvalue weighted by atomic mass is 16.3. The third-order valence-corrected chi connectivity index (χ3v) is 1.23. The maximum Gasteiger partial charge on any atom is 0.248 e. The van der Waals surface area contributed by atoms with Crippen LogP contribution in [-0.4, -0.2) is 28.7 Å². The van der Waals surface area contributed by atoms with E-state index in [-0.39, 0.29) is 5.91 Å². The maximum atomic E-state index is 10.9. The van der Waals surface area contributed by atoms with Crippen molar-refractivity contribution in [3.63, 3.8) is 0 Å². The molecule has 1 atom stereocenters. The molecule has 1 unspecified atom stereocenters. The summed E-state index contributed by atoms with van der Waals surface area (Å²) >= 11 is 0. The Labute approximate surface area is 66.6 Å². The standard InChI is InChI=1S/C8H13NO2/c1-4-6-9(7(3)10)8(11)5-2/h4-5,7,10H,1-2,6H2,3H3. The third-order valence-electron chi connectivity index (χ3n) is 1.23. The van der Waals surface area contributed by atoms with E-state index in [4.69, 9.17) is 5.11 Å². The summed E-state index contributed by atoms with van der Waals surface area (Å²) in [5.74, 6) is -0.292. The molecular formula is C8H13NO2. The number of carbonyl (C=O) groups excluding carboxylic acids is 1. The summed E-state index contributed by atoms with van der Waals surface area (Å²) < 4.78 is 0. The molecule has 0 radical (unpaired) electrons. The van der Waals surface area contributed by atoms with Gasteiger partial charge in [-0.05, 0) is 13.0 Å². The molecule has 1 amide bonds. The zero-order valence-corrected chi connectivity index (χ0v) is 6.66. The number of hydrogen-bond donors (Lipinski definition) is 1. The number of amides is 1. The molecule has 0 saturated heterocycles. The average Bonchev–Trinajstić information content (AvgIpc) is 1.98. The van der Waals surface area contributed by atoms with Crippen LogP contribution in [0.3, 0.4) is 0 Å². The summed E-state index contributed by atoms with van der Waals surface area (Å²) in [4.78, 5) is 12.2. The number of rotatable bonds is 4. The molecule has 3 heteroatoms. The first-order valence-electron chi connectivity index (χ1n) is 3.35. The van der Waals surface area contributed by atoms with Gasteiger partial charge in [0, 0.05) is 6.54 Å². The first-order chi connectivity index (χ1) is 5.13. The Kier molecular flexibility index (Phi) is 4.22. The lowest BCUT2D eigenvalue weighted by atomic mass is 10.4. The van der Waals surface area contributed by atoms with Crippen molar-refractivity contribution in [3.8, 4) is 0 Å². The van der Waals surface area contributed by atoms with E-state index in [9.17, 15) is 4.79 Å². The van der Waals surface area contributed by atoms with Crippen LogP contribution in [0, 0.1) is 0 Å². The SMILES string of the molecule is C=CCN(C(=O)C=C)C(C)O. The second kappa shape index (κ2) is 4.68. The zero-order chi connectivity index (χ0) is 8.85. The highest BCUT2D eigenvalue weighted by Gasteiger charge is 2.12. The molecular weight excluding hydrogens is 142 g/mol. The number of aliphatic hydroxyl groups excluding tert-OH is 1. The van der Waals surface area contributed by atoms with E-state index < -0.39 is 6.23 Å². The van der Waals surface area contributed by atoms with Gasteiger partial charge in [-0.25, -0.2) is 0 Å². The van der Waals surface area contributed by atoms with Gasteiger partial charge in [-0.2, -0.15) is 0 Å². The fourth-order valence-corrected chi connectivity index (χ4v) is 0.683. The largest absolute Gasteiger partial charge is 0.374 e. The van der Waals surface area contributed by atoms with E-state index in [1.54, 1.807) is 6.08 Å². The van der Waals surface area contributed by atoms with Gasteiger partial charge in [-0.15, -0.1) is 6.58 Å². The van der Waals surface area contributed by atoms with Gasteiger partial charge in [0.25, 0.3) is 0 Å². The molecule has 0 spiro atoms. The lowest BCUT2D eigenvalue weighted by Gasteiger charge is -2.22. The molecule has 0 saturated carbocycles. The molecule has 0 bridgehead atoms. The molecule has 3 nitrogen and oxygen atoms in total. The summed E-state index contributed by atoms with van der Waals surface area (Å²) in [7, 11) is 0. The second-order valence-electron chi connectivity index (χ2n) is 2.12. The highest BCUT2D eigenvalue weighted by molar-refractivity contribution is 5.87. The summed E-state index contributed by atoms with van der Waals surface area (Å²) in [5, 5.41) is 9.05. The monoisotopic (exact) mass is 155 g/mol. The van der Waals surface area contributed by atoms with Gasteiger partial charge in [-0.1, -0.05) is 12.7 Å². The minimum atomic E-state index is -0.793. The van der Waals surface area contributed by atoms with Gasteiger partial charge in [0.1, 0.15) is 6.23 Å². The normalized spacial score (nSPS) is 11.8. The molecule has 0 rings (SSSR count). The fraction of sp³-hybridized carbons (Fsp3) is 0.375. The molecule has 11 heavy (non-hydrogen) atoms. The van der Waals surface area contributed by atoms with E-state index in [0.29, 0.717) is 6.54 Å². The Bertz CT molecular complexity index is 163. The predicted octanol–water partition coefficient (Wildman–Crippen LogP) is 0.525. The van der Waals surface area contributed by atoms with Gasteiger partial charge in [-0.3, -0.25) is 4.79 Å². The van der Waals surface area contributed by atoms with Crippen LogP contribution in [-0.2, 0) is 4.79 Å². The van der Waals surface area contributed by atoms with Crippen LogP contribution in [0.4, 0.5) is 0 Å². The first kappa shape index (κ1) is 9.91. The predicted molar refractivity (Wildman–Crippen MR) is 43.8 cm³/mol. The minimum Gasteiger partial charge on any atom is -0.374 e. The van der Waals surface area contributed by atoms with Gasteiger partial charge in [0.2, 0.25) is 5.91 Å². The Morgan fingerprint density at radius 2 is 2.27 bits per heavy atom. The smallest absolute Gasteiger partial charge is 0.248 e. The van der Waals surface area contributed by atoms with Crippen LogP contribution in [0.25, 0.3) is 0 Å². The molecule has 0 heterocycles. The van der Waals surface area contributed by atoms with E-state index in [1.165, 1.54) is 11.8 Å². The minimum absolute atomic E-state index is 0.292. The zero-order valence-electron chi connectivity index (χ0n) is 6.66. The van der Waals surface area contributed by atoms with E-state index in [2.05, 4.69) is 13.2 Å². The molecule has 0 aliphatic carbocycles. The third kappa shape index (κ3) is 3.00. The van der Waals surface area contributed by atoms with Gasteiger partial charge in [0.15, 0.2) is 0 Å². The van der Waals surface area contributed by atoms with Crippen molar-refractivity contribution >= 4 is 5.91 Å². The number of hydrogen-bond acceptors (Lipinski definition) is 2. The van der Waals surface area contributed by atoms with Crippen LogP contribution in [0.5, 0.6) is 0 Å². The molecule has 0 aromatic heterocycles. The Balaban J connectivity index is 4.19. The summed E-state index contributed by atoms with van der Waals surface area (Å²) in [6.07, 6.45) is 1.92. The Hall–Kier alpha value is -1.09. The summed E-state index contributed by atoms with van der Waals surface area (Å²) in [6.45, 7) is 8.62.